The van der Waals surface area contributed by atoms with Crippen LogP contribution in [0, 0.1) is 44.3 Å². The van der Waals surface area contributed by atoms with E-state index in [4.69, 9.17) is 45.1 Å². The molecular weight excluding hydrogens is 1460 g/mol. The molecular formula is C74H98IN3O23S. The highest BCUT2D eigenvalue weighted by Crippen LogP contribution is 2.78. The number of carboxylic acid groups (broad SMARTS) is 1. The lowest BCUT2D eigenvalue weighted by Gasteiger charge is -2.73. The number of allylic oxidation sites excluding steroid dienone is 2. The third-order valence-corrected chi connectivity index (χ3v) is 25.9. The highest BCUT2D eigenvalue weighted by atomic mass is 127. The van der Waals surface area contributed by atoms with Crippen molar-refractivity contribution < 1.29 is 108 Å². The van der Waals surface area contributed by atoms with Gasteiger partial charge in [-0.1, -0.05) is 102 Å². The number of aromatic hydroxyl groups is 1. The number of carboxylic acids is 1. The van der Waals surface area contributed by atoms with Gasteiger partial charge in [0, 0.05) is 58.1 Å². The lowest BCUT2D eigenvalue weighted by atomic mass is 9.32. The molecule has 24 atom stereocenters. The fraction of sp³-hybridized carbons (Fsp3) is 0.649. The van der Waals surface area contributed by atoms with Crippen molar-refractivity contribution >= 4 is 80.7 Å². The maximum Gasteiger partial charge on any atom is 0.336 e. The van der Waals surface area contributed by atoms with Gasteiger partial charge in [0.25, 0.3) is 0 Å². The first-order chi connectivity index (χ1) is 48.1. The Bertz CT molecular complexity index is 3840. The van der Waals surface area contributed by atoms with Crippen LogP contribution in [-0.4, -0.2) is 207 Å². The van der Waals surface area contributed by atoms with E-state index < -0.39 is 155 Å². The number of fused-ring (bicyclic) bond motifs is 5. The van der Waals surface area contributed by atoms with Gasteiger partial charge < -0.3 is 110 Å². The Morgan fingerprint density at radius 2 is 1.54 bits per heavy atom. The van der Waals surface area contributed by atoms with Crippen LogP contribution in [-0.2, 0) is 42.8 Å². The number of halogens is 1. The number of unbranched alkanes of at least 4 members (excludes halogenated alkanes) is 2. The number of amides is 1. The second-order valence-corrected chi connectivity index (χ2v) is 32.8. The average Bonchev–Trinajstić information content (AvgIpc) is 0.656. The number of phenolic OH excluding ortho intramolecular Hbond substituents is 1. The Balaban J connectivity index is 0.787. The summed E-state index contributed by atoms with van der Waals surface area (Å²) >= 11 is 7.83. The molecule has 11 rings (SSSR count). The maximum atomic E-state index is 15.9. The standard InChI is InChI=1S/C74H98IN3O23S/c1-9-48-70(6)22-21-50(84)71(7,34-80)49(70)20-23-73(48)30-43-62(75)74(25-24-69(3,4)5,51(85)31-72(43,73)8)67(94)101-66-61(100-65-59(91)57(89)60(35(2)96-65)99-64-58(90)55(87)44(83)33-95-64)56(88)54(47(32-79)98-66)78-52(86)13-11-10-12-26-76-68(102)77-36-14-17-39(42(27-36)63(92)93)53-40-18-15-37(81)28-45(40)97-46-29-38(82)16-19-41(46)53/h14-19,27-30,34-35,44,47-51,54-62,64-66,79,81,83-85,87-91H,9-13,20-26,31-33H2,1-8H3,(H,78,86)(H,92,93)(H2,76,77,102)/t35?,44-,47?,48?,49?,50+,51?,54+,55?,56?,57?,58?,59?,60+,61?,62?,64+,65+,66+,70?,71?,72?,73?,74+/m1/s1. The molecule has 1 amide bonds. The van der Waals surface area contributed by atoms with Crippen molar-refractivity contribution in [1.29, 1.82) is 0 Å². The number of esters is 1. The molecule has 26 nitrogen and oxygen atoms in total. The van der Waals surface area contributed by atoms with E-state index >= 15 is 4.79 Å². The quantitative estimate of drug-likeness (QED) is 0.00694. The van der Waals surface area contributed by atoms with Gasteiger partial charge >= 0.3 is 11.9 Å². The number of carbonyl (C=O) groups is 4. The maximum absolute atomic E-state index is 15.9. The van der Waals surface area contributed by atoms with E-state index in [1.165, 1.54) is 37.3 Å². The predicted molar refractivity (Wildman–Crippen MR) is 382 cm³/mol. The fourth-order valence-corrected chi connectivity index (χ4v) is 20.3. The van der Waals surface area contributed by atoms with E-state index in [2.05, 4.69) is 65.4 Å². The molecule has 28 heteroatoms. The number of hydrogen-bond acceptors (Lipinski definition) is 23. The van der Waals surface area contributed by atoms with Crippen LogP contribution >= 0.6 is 34.8 Å². The van der Waals surface area contributed by atoms with Crippen molar-refractivity contribution in [2.45, 2.75) is 235 Å². The summed E-state index contributed by atoms with van der Waals surface area (Å²) in [5, 5.41) is 133. The number of aliphatic hydroxyl groups excluding tert-OH is 9. The van der Waals surface area contributed by atoms with E-state index in [-0.39, 0.29) is 75.1 Å². The number of aromatic carboxylic acids is 1. The number of carbonyl (C=O) groups excluding carboxylic acids is 3. The Labute approximate surface area is 610 Å². The summed E-state index contributed by atoms with van der Waals surface area (Å²) in [6.45, 7) is 15.0. The number of alkyl halides is 1. The second kappa shape index (κ2) is 30.1. The lowest BCUT2D eigenvalue weighted by Crippen LogP contribution is -2.71. The SMILES string of the molecule is CCC1C2(C)CC[C@H](O)C(C)(C=O)C2CCC12C=C1C(I)[C@@](CCC(C)(C)C)(C(=O)O[C@@H]3OC(CO)[C@H](NC(=O)CCCCCNC(=S)Nc4ccc(-c5c6ccc(=O)cc-6oc6cc(O)ccc56)c(C(=O)O)c4)C(O)C3O[C@@H]3OC(C)[C@H](O[C@@H]4OC[C@@H](O)C(O)C4O)C(O)C3O)C(O)CC12C. The molecule has 1 spiro atoms. The Morgan fingerprint density at radius 1 is 0.824 bits per heavy atom. The molecule has 14 N–H and O–H groups in total. The molecule has 9 aliphatic rings. The van der Waals surface area contributed by atoms with Crippen LogP contribution in [0.15, 0.2) is 75.5 Å². The summed E-state index contributed by atoms with van der Waals surface area (Å²) in [6, 6.07) is 11.8. The van der Waals surface area contributed by atoms with E-state index in [1.54, 1.807) is 24.3 Å². The second-order valence-electron chi connectivity index (χ2n) is 31.2. The summed E-state index contributed by atoms with van der Waals surface area (Å²) in [5.74, 6) is -2.66. The van der Waals surface area contributed by atoms with Crippen molar-refractivity contribution in [2.24, 2.45) is 44.3 Å². The number of aldehydes is 1. The molecule has 0 radical (unpaired) electrons. The average molecular weight is 1560 g/mol. The summed E-state index contributed by atoms with van der Waals surface area (Å²) in [4.78, 5) is 67.9. The first kappa shape index (κ1) is 77.7. The molecule has 3 saturated carbocycles. The zero-order chi connectivity index (χ0) is 74.1. The number of anilines is 1. The van der Waals surface area contributed by atoms with Crippen molar-refractivity contribution in [3.8, 4) is 28.2 Å². The Hall–Kier alpha value is -5.39. The third kappa shape index (κ3) is 14.1. The summed E-state index contributed by atoms with van der Waals surface area (Å²) in [5.41, 5.74) is -1.95. The third-order valence-electron chi connectivity index (χ3n) is 23.9. The van der Waals surface area contributed by atoms with E-state index in [0.29, 0.717) is 85.7 Å². The monoisotopic (exact) mass is 1560 g/mol. The molecule has 5 aliphatic carbocycles. The van der Waals surface area contributed by atoms with Crippen LogP contribution in [0.25, 0.3) is 33.4 Å². The number of phenols is 1. The highest BCUT2D eigenvalue weighted by Gasteiger charge is 2.74. The summed E-state index contributed by atoms with van der Waals surface area (Å²) in [6.07, 6.45) is -15.7. The predicted octanol–water partition coefficient (Wildman–Crippen LogP) is 5.71. The van der Waals surface area contributed by atoms with Crippen LogP contribution in [0.5, 0.6) is 5.75 Å². The Morgan fingerprint density at radius 3 is 2.24 bits per heavy atom. The van der Waals surface area contributed by atoms with E-state index in [9.17, 15) is 75.3 Å². The van der Waals surface area contributed by atoms with Gasteiger partial charge in [-0.15, -0.1) is 0 Å². The minimum atomic E-state index is -2.01. The van der Waals surface area contributed by atoms with Crippen LogP contribution in [0.1, 0.15) is 143 Å². The van der Waals surface area contributed by atoms with Crippen molar-refractivity contribution in [3.63, 3.8) is 0 Å². The molecule has 4 aliphatic heterocycles. The molecule has 0 aromatic heterocycles. The molecule has 4 heterocycles. The number of thiocarbonyl (C=S) groups is 1. The molecule has 3 saturated heterocycles. The minimum absolute atomic E-state index is 0.0520. The molecule has 0 bridgehead atoms. The molecule has 16 unspecified atom stereocenters. The lowest BCUT2D eigenvalue weighted by molar-refractivity contribution is -0.369. The Kier molecular flexibility index (Phi) is 22.9. The molecule has 560 valence electrons. The number of hydrogen-bond donors (Lipinski definition) is 14. The fourth-order valence-electron chi connectivity index (χ4n) is 18.2. The van der Waals surface area contributed by atoms with Gasteiger partial charge in [0.05, 0.1) is 52.5 Å². The number of benzene rings is 3. The number of rotatable bonds is 21. The van der Waals surface area contributed by atoms with Crippen LogP contribution < -0.4 is 21.4 Å². The number of nitrogens with one attached hydrogen (secondary N) is 3. The van der Waals surface area contributed by atoms with E-state index in [1.807, 2.05) is 27.7 Å². The zero-order valence-electron chi connectivity index (χ0n) is 58.5. The van der Waals surface area contributed by atoms with Crippen molar-refractivity contribution in [2.75, 3.05) is 25.1 Å². The van der Waals surface area contributed by atoms with Gasteiger partial charge in [-0.25, -0.2) is 4.79 Å². The van der Waals surface area contributed by atoms with Gasteiger partial charge in [0.2, 0.25) is 12.2 Å². The first-order valence-electron chi connectivity index (χ1n) is 35.4. The van der Waals surface area contributed by atoms with Gasteiger partial charge in [-0.05, 0) is 142 Å². The molecule has 2 aromatic carbocycles. The zero-order valence-corrected chi connectivity index (χ0v) is 61.5. The first-order valence-corrected chi connectivity index (χ1v) is 37.0. The molecule has 2 aromatic rings. The van der Waals surface area contributed by atoms with Gasteiger partial charge in [-0.2, -0.15) is 0 Å². The molecule has 6 fully saturated rings. The van der Waals surface area contributed by atoms with Crippen LogP contribution in [0.4, 0.5) is 5.69 Å². The smallest absolute Gasteiger partial charge is 0.336 e. The van der Waals surface area contributed by atoms with Crippen molar-refractivity contribution in [1.82, 2.24) is 10.6 Å². The van der Waals surface area contributed by atoms with Gasteiger partial charge in [-0.3, -0.25) is 14.4 Å². The normalized spacial score (nSPS) is 38.3. The van der Waals surface area contributed by atoms with Crippen LogP contribution in [0.3, 0.4) is 0 Å². The summed E-state index contributed by atoms with van der Waals surface area (Å²) < 4.78 is 41.9. The summed E-state index contributed by atoms with van der Waals surface area (Å²) in [7, 11) is 0. The highest BCUT2D eigenvalue weighted by molar-refractivity contribution is 14.1. The largest absolute Gasteiger partial charge is 0.508 e. The van der Waals surface area contributed by atoms with E-state index in [0.717, 1.165) is 18.3 Å². The van der Waals surface area contributed by atoms with Crippen LogP contribution in [0.2, 0.25) is 0 Å². The topological polar surface area (TPSA) is 412 Å². The van der Waals surface area contributed by atoms with Crippen molar-refractivity contribution in [3.05, 3.63) is 82.0 Å². The minimum Gasteiger partial charge on any atom is -0.508 e. The number of aliphatic hydroxyl groups is 9. The number of ether oxygens (including phenoxy) is 6. The van der Waals surface area contributed by atoms with Gasteiger partial charge in [0.15, 0.2) is 29.2 Å². The van der Waals surface area contributed by atoms with Gasteiger partial charge in [0.1, 0.15) is 77.6 Å². The molecule has 102 heavy (non-hydrogen) atoms.